The van der Waals surface area contributed by atoms with Gasteiger partial charge in [-0.1, -0.05) is 36.4 Å². The summed E-state index contributed by atoms with van der Waals surface area (Å²) in [6.45, 7) is 0.978. The van der Waals surface area contributed by atoms with E-state index in [9.17, 15) is 8.42 Å². The summed E-state index contributed by atoms with van der Waals surface area (Å²) in [5.41, 5.74) is 3.80. The van der Waals surface area contributed by atoms with Gasteiger partial charge in [0.25, 0.3) is 0 Å². The lowest BCUT2D eigenvalue weighted by molar-refractivity contribution is 0.290. The van der Waals surface area contributed by atoms with Crippen molar-refractivity contribution >= 4 is 27.2 Å². The van der Waals surface area contributed by atoms with E-state index >= 15 is 0 Å². The van der Waals surface area contributed by atoms with E-state index in [0.717, 1.165) is 35.9 Å². The Morgan fingerprint density at radius 2 is 1.86 bits per heavy atom. The van der Waals surface area contributed by atoms with E-state index in [-0.39, 0.29) is 5.92 Å². The number of aryl methyl sites for hydroxylation is 1. The number of aromatic nitrogens is 1. The fourth-order valence-corrected chi connectivity index (χ4v) is 5.92. The molecule has 6 heteroatoms. The molecule has 1 saturated heterocycles. The number of fused-ring (bicyclic) bond motifs is 2. The zero-order chi connectivity index (χ0) is 19.1. The Kier molecular flexibility index (Phi) is 4.33. The molecule has 0 radical (unpaired) electrons. The summed E-state index contributed by atoms with van der Waals surface area (Å²) in [4.78, 5) is 5.11. The van der Waals surface area contributed by atoms with Gasteiger partial charge in [0, 0.05) is 19.0 Å². The zero-order valence-electron chi connectivity index (χ0n) is 15.5. The Balaban J connectivity index is 1.42. The fraction of sp³-hybridized carbons (Fsp3) is 0.318. The van der Waals surface area contributed by atoms with Crippen LogP contribution in [0.1, 0.15) is 42.2 Å². The first-order valence-corrected chi connectivity index (χ1v) is 11.2. The minimum atomic E-state index is -3.47. The maximum absolute atomic E-state index is 13.3. The molecule has 5 nitrogen and oxygen atoms in total. The van der Waals surface area contributed by atoms with Crippen LogP contribution in [0, 0.1) is 0 Å². The summed E-state index contributed by atoms with van der Waals surface area (Å²) >= 11 is 0. The molecule has 0 spiro atoms. The van der Waals surface area contributed by atoms with Crippen molar-refractivity contribution in [3.05, 3.63) is 70.5 Å². The Hall–Kier alpha value is -2.44. The Morgan fingerprint density at radius 1 is 1.04 bits per heavy atom. The lowest BCUT2D eigenvalue weighted by Crippen LogP contribution is -2.40. The number of hydrogen-bond acceptors (Lipinski definition) is 4. The van der Waals surface area contributed by atoms with Crippen molar-refractivity contribution in [2.45, 2.75) is 31.6 Å². The summed E-state index contributed by atoms with van der Waals surface area (Å²) < 4.78 is 34.1. The van der Waals surface area contributed by atoms with Crippen molar-refractivity contribution in [3.63, 3.8) is 0 Å². The van der Waals surface area contributed by atoms with Crippen LogP contribution in [0.5, 0.6) is 0 Å². The third kappa shape index (κ3) is 3.06. The van der Waals surface area contributed by atoms with Gasteiger partial charge in [0.15, 0.2) is 11.5 Å². The highest BCUT2D eigenvalue weighted by Gasteiger charge is 2.34. The molecule has 1 aliphatic heterocycles. The van der Waals surface area contributed by atoms with E-state index < -0.39 is 10.0 Å². The molecule has 2 aliphatic rings. The Labute approximate surface area is 164 Å². The van der Waals surface area contributed by atoms with Crippen molar-refractivity contribution in [3.8, 4) is 0 Å². The van der Waals surface area contributed by atoms with E-state index in [2.05, 4.69) is 11.1 Å². The predicted octanol–water partition coefficient (Wildman–Crippen LogP) is 4.32. The van der Waals surface area contributed by atoms with Crippen LogP contribution in [0.2, 0.25) is 0 Å². The maximum atomic E-state index is 13.3. The molecule has 3 aromatic rings. The highest BCUT2D eigenvalue weighted by molar-refractivity contribution is 7.93. The lowest BCUT2D eigenvalue weighted by atomic mass is 9.98. The van der Waals surface area contributed by atoms with E-state index in [0.29, 0.717) is 30.3 Å². The summed E-state index contributed by atoms with van der Waals surface area (Å²) in [5, 5.41) is 0. The third-order valence-corrected chi connectivity index (χ3v) is 7.72. The Bertz CT molecular complexity index is 1130. The number of para-hydroxylation sites is 2. The molecule has 0 saturated carbocycles. The second-order valence-electron chi connectivity index (χ2n) is 7.53. The van der Waals surface area contributed by atoms with Crippen molar-refractivity contribution in [1.29, 1.82) is 0 Å². The van der Waals surface area contributed by atoms with Crippen LogP contribution in [-0.2, 0) is 16.4 Å². The highest BCUT2D eigenvalue weighted by atomic mass is 32.2. The van der Waals surface area contributed by atoms with Crippen LogP contribution >= 0.6 is 0 Å². The molecule has 1 unspecified atom stereocenters. The summed E-state index contributed by atoms with van der Waals surface area (Å²) in [6, 6.07) is 15.7. The van der Waals surface area contributed by atoms with Gasteiger partial charge in [0.05, 0.1) is 4.91 Å². The van der Waals surface area contributed by atoms with Crippen molar-refractivity contribution in [2.75, 3.05) is 13.1 Å². The number of nitrogens with zero attached hydrogens (tertiary/aromatic N) is 2. The third-order valence-electron chi connectivity index (χ3n) is 5.73. The van der Waals surface area contributed by atoms with Gasteiger partial charge in [0.1, 0.15) is 5.52 Å². The van der Waals surface area contributed by atoms with Gasteiger partial charge in [-0.3, -0.25) is 0 Å². The number of piperidine rings is 1. The highest BCUT2D eigenvalue weighted by Crippen LogP contribution is 2.34. The molecule has 1 atom stereocenters. The van der Waals surface area contributed by atoms with Gasteiger partial charge >= 0.3 is 0 Å². The molecule has 5 rings (SSSR count). The molecular formula is C22H22N2O3S. The van der Waals surface area contributed by atoms with Crippen LogP contribution in [0.4, 0.5) is 0 Å². The molecule has 1 aromatic heterocycles. The van der Waals surface area contributed by atoms with Crippen LogP contribution in [0.15, 0.2) is 57.9 Å². The first-order valence-electron chi connectivity index (χ1n) is 9.75. The average molecular weight is 394 g/mol. The van der Waals surface area contributed by atoms with E-state index in [4.69, 9.17) is 4.42 Å². The summed E-state index contributed by atoms with van der Waals surface area (Å²) in [6.07, 6.45) is 4.87. The summed E-state index contributed by atoms with van der Waals surface area (Å²) in [5.74, 6) is 0.636. The first-order chi connectivity index (χ1) is 13.6. The van der Waals surface area contributed by atoms with Gasteiger partial charge in [0.2, 0.25) is 10.0 Å². The molecule has 0 N–H and O–H groups in total. The number of oxazole rings is 1. The molecule has 2 heterocycles. The second-order valence-corrected chi connectivity index (χ2v) is 9.52. The number of allylic oxidation sites excluding steroid dienone is 1. The minimum Gasteiger partial charge on any atom is -0.440 e. The minimum absolute atomic E-state index is 0.00704. The van der Waals surface area contributed by atoms with Crippen molar-refractivity contribution < 1.29 is 12.8 Å². The van der Waals surface area contributed by atoms with Crippen molar-refractivity contribution in [2.24, 2.45) is 0 Å². The van der Waals surface area contributed by atoms with E-state index in [1.807, 2.05) is 48.5 Å². The molecule has 0 amide bonds. The number of sulfonamides is 1. The second kappa shape index (κ2) is 6.87. The molecule has 28 heavy (non-hydrogen) atoms. The average Bonchev–Trinajstić information content (AvgIpc) is 3.18. The van der Waals surface area contributed by atoms with Gasteiger partial charge in [-0.25, -0.2) is 13.4 Å². The van der Waals surface area contributed by atoms with Gasteiger partial charge < -0.3 is 4.42 Å². The first kappa shape index (κ1) is 17.6. The Morgan fingerprint density at radius 3 is 2.75 bits per heavy atom. The monoisotopic (exact) mass is 394 g/mol. The van der Waals surface area contributed by atoms with E-state index in [1.165, 1.54) is 5.56 Å². The number of hydrogen-bond donors (Lipinski definition) is 0. The number of rotatable bonds is 3. The molecule has 144 valence electrons. The van der Waals surface area contributed by atoms with Crippen LogP contribution in [-0.4, -0.2) is 30.8 Å². The fourth-order valence-electron chi connectivity index (χ4n) is 4.20. The van der Waals surface area contributed by atoms with Gasteiger partial charge in [-0.05, 0) is 55.0 Å². The maximum Gasteiger partial charge on any atom is 0.239 e. The summed E-state index contributed by atoms with van der Waals surface area (Å²) in [7, 11) is -3.47. The SMILES string of the molecule is O=S(=O)(C1=Cc2ccccc2CC1)N1CCCC(c2nc3ccccc3o2)C1. The number of benzene rings is 2. The van der Waals surface area contributed by atoms with Crippen LogP contribution in [0.3, 0.4) is 0 Å². The van der Waals surface area contributed by atoms with Gasteiger partial charge in [-0.15, -0.1) is 0 Å². The molecule has 0 bridgehead atoms. The smallest absolute Gasteiger partial charge is 0.239 e. The normalized spacial score (nSPS) is 20.7. The van der Waals surface area contributed by atoms with Crippen LogP contribution in [0.25, 0.3) is 17.2 Å². The van der Waals surface area contributed by atoms with E-state index in [1.54, 1.807) is 4.31 Å². The van der Waals surface area contributed by atoms with Crippen molar-refractivity contribution in [1.82, 2.24) is 9.29 Å². The molecule has 2 aromatic carbocycles. The largest absolute Gasteiger partial charge is 0.440 e. The molecule has 1 fully saturated rings. The zero-order valence-corrected chi connectivity index (χ0v) is 16.4. The lowest BCUT2D eigenvalue weighted by Gasteiger charge is -2.32. The standard InChI is InChI=1S/C22H22N2O3S/c25-28(26,19-12-11-16-6-1-2-7-17(16)14-19)24-13-5-8-18(15-24)22-23-20-9-3-4-10-21(20)27-22/h1-4,6-7,9-10,14,18H,5,8,11-13,15H2. The molecular weight excluding hydrogens is 372 g/mol. The molecule has 1 aliphatic carbocycles. The quantitative estimate of drug-likeness (QED) is 0.663. The van der Waals surface area contributed by atoms with Gasteiger partial charge in [-0.2, -0.15) is 4.31 Å². The predicted molar refractivity (Wildman–Crippen MR) is 109 cm³/mol. The topological polar surface area (TPSA) is 63.4 Å². The van der Waals surface area contributed by atoms with Crippen LogP contribution < -0.4 is 0 Å².